The standard InChI is InChI=1S/C12H22N2O3/c1-13-7-5-10(9-13)6-8-14(2)11(15)3-4-12(16)17/h10H,3-9H2,1-2H3,(H,16,17). The highest BCUT2D eigenvalue weighted by Gasteiger charge is 2.20. The summed E-state index contributed by atoms with van der Waals surface area (Å²) < 4.78 is 0. The molecule has 0 spiro atoms. The van der Waals surface area contributed by atoms with Gasteiger partial charge < -0.3 is 14.9 Å². The minimum absolute atomic E-state index is 0.0706. The van der Waals surface area contributed by atoms with Gasteiger partial charge in [-0.2, -0.15) is 0 Å². The molecule has 1 fully saturated rings. The molecule has 0 saturated carbocycles. The summed E-state index contributed by atoms with van der Waals surface area (Å²) in [7, 11) is 3.87. The molecule has 5 heteroatoms. The van der Waals surface area contributed by atoms with Gasteiger partial charge in [0.1, 0.15) is 0 Å². The van der Waals surface area contributed by atoms with Crippen LogP contribution in [0, 0.1) is 5.92 Å². The summed E-state index contributed by atoms with van der Waals surface area (Å²) in [5, 5.41) is 8.50. The molecule has 98 valence electrons. The third-order valence-electron chi connectivity index (χ3n) is 3.34. The van der Waals surface area contributed by atoms with Crippen molar-refractivity contribution in [3.05, 3.63) is 0 Å². The van der Waals surface area contributed by atoms with Gasteiger partial charge in [-0.15, -0.1) is 0 Å². The van der Waals surface area contributed by atoms with Crippen molar-refractivity contribution in [1.29, 1.82) is 0 Å². The van der Waals surface area contributed by atoms with E-state index in [-0.39, 0.29) is 18.7 Å². The Morgan fingerprint density at radius 3 is 2.65 bits per heavy atom. The monoisotopic (exact) mass is 242 g/mol. The number of rotatable bonds is 6. The number of aliphatic carboxylic acids is 1. The minimum atomic E-state index is -0.913. The molecule has 0 aromatic heterocycles. The van der Waals surface area contributed by atoms with Crippen molar-refractivity contribution in [2.75, 3.05) is 33.7 Å². The smallest absolute Gasteiger partial charge is 0.303 e. The zero-order valence-electron chi connectivity index (χ0n) is 10.7. The van der Waals surface area contributed by atoms with E-state index in [1.54, 1.807) is 11.9 Å². The van der Waals surface area contributed by atoms with Crippen LogP contribution in [0.25, 0.3) is 0 Å². The molecule has 1 saturated heterocycles. The van der Waals surface area contributed by atoms with E-state index in [4.69, 9.17) is 5.11 Å². The van der Waals surface area contributed by atoms with Crippen molar-refractivity contribution in [3.63, 3.8) is 0 Å². The molecule has 1 amide bonds. The van der Waals surface area contributed by atoms with Crippen LogP contribution in [0.5, 0.6) is 0 Å². The van der Waals surface area contributed by atoms with Crippen LogP contribution in [0.1, 0.15) is 25.7 Å². The average molecular weight is 242 g/mol. The number of nitrogens with zero attached hydrogens (tertiary/aromatic N) is 2. The van der Waals surface area contributed by atoms with Gasteiger partial charge in [0, 0.05) is 26.6 Å². The summed E-state index contributed by atoms with van der Waals surface area (Å²) in [4.78, 5) is 25.9. The maximum atomic E-state index is 11.6. The Morgan fingerprint density at radius 2 is 2.12 bits per heavy atom. The SMILES string of the molecule is CN1CCC(CCN(C)C(=O)CCC(=O)O)C1. The lowest BCUT2D eigenvalue weighted by atomic mass is 10.0. The fourth-order valence-corrected chi connectivity index (χ4v) is 2.17. The van der Waals surface area contributed by atoms with E-state index in [0.717, 1.165) is 26.1 Å². The van der Waals surface area contributed by atoms with Crippen molar-refractivity contribution in [1.82, 2.24) is 9.80 Å². The second-order valence-electron chi connectivity index (χ2n) is 4.91. The molecule has 0 radical (unpaired) electrons. The second kappa shape index (κ2) is 6.59. The number of hydrogen-bond donors (Lipinski definition) is 1. The van der Waals surface area contributed by atoms with E-state index in [1.165, 1.54) is 6.42 Å². The molecule has 5 nitrogen and oxygen atoms in total. The average Bonchev–Trinajstić information content (AvgIpc) is 2.68. The van der Waals surface area contributed by atoms with Gasteiger partial charge in [-0.05, 0) is 32.4 Å². The van der Waals surface area contributed by atoms with Gasteiger partial charge in [-0.1, -0.05) is 0 Å². The van der Waals surface area contributed by atoms with Crippen LogP contribution in [0.15, 0.2) is 0 Å². The van der Waals surface area contributed by atoms with Crippen LogP contribution in [0.2, 0.25) is 0 Å². The minimum Gasteiger partial charge on any atom is -0.481 e. The lowest BCUT2D eigenvalue weighted by molar-refractivity contribution is -0.140. The van der Waals surface area contributed by atoms with E-state index in [2.05, 4.69) is 11.9 Å². The van der Waals surface area contributed by atoms with Crippen molar-refractivity contribution in [3.8, 4) is 0 Å². The molecule has 17 heavy (non-hydrogen) atoms. The highest BCUT2D eigenvalue weighted by Crippen LogP contribution is 2.18. The fourth-order valence-electron chi connectivity index (χ4n) is 2.17. The molecule has 0 aromatic carbocycles. The topological polar surface area (TPSA) is 60.9 Å². The summed E-state index contributed by atoms with van der Waals surface area (Å²) in [6.07, 6.45) is 2.25. The molecule has 0 aliphatic carbocycles. The van der Waals surface area contributed by atoms with Gasteiger partial charge in [0.25, 0.3) is 0 Å². The Bertz CT molecular complexity index is 281. The number of carbonyl (C=O) groups excluding carboxylic acids is 1. The highest BCUT2D eigenvalue weighted by atomic mass is 16.4. The zero-order chi connectivity index (χ0) is 12.8. The number of carboxylic acid groups (broad SMARTS) is 1. The van der Waals surface area contributed by atoms with Crippen LogP contribution in [0.4, 0.5) is 0 Å². The van der Waals surface area contributed by atoms with Crippen LogP contribution < -0.4 is 0 Å². The number of carboxylic acids is 1. The summed E-state index contributed by atoms with van der Waals surface area (Å²) in [6, 6.07) is 0. The molecule has 0 bridgehead atoms. The van der Waals surface area contributed by atoms with Gasteiger partial charge in [-0.3, -0.25) is 9.59 Å². The Balaban J connectivity index is 2.17. The summed E-state index contributed by atoms with van der Waals surface area (Å²) in [5.74, 6) is -0.308. The van der Waals surface area contributed by atoms with Crippen molar-refractivity contribution < 1.29 is 14.7 Å². The van der Waals surface area contributed by atoms with Gasteiger partial charge in [0.05, 0.1) is 6.42 Å². The molecular formula is C12H22N2O3. The van der Waals surface area contributed by atoms with E-state index >= 15 is 0 Å². The first-order chi connectivity index (χ1) is 7.99. The first-order valence-electron chi connectivity index (χ1n) is 6.13. The Hall–Kier alpha value is -1.10. The molecule has 1 heterocycles. The number of hydrogen-bond acceptors (Lipinski definition) is 3. The predicted octanol–water partition coefficient (Wildman–Crippen LogP) is 0.651. The van der Waals surface area contributed by atoms with Crippen LogP contribution in [-0.4, -0.2) is 60.5 Å². The lowest BCUT2D eigenvalue weighted by Gasteiger charge is -2.19. The largest absolute Gasteiger partial charge is 0.481 e. The third kappa shape index (κ3) is 5.17. The van der Waals surface area contributed by atoms with Crippen molar-refractivity contribution in [2.24, 2.45) is 5.92 Å². The summed E-state index contributed by atoms with van der Waals surface area (Å²) >= 11 is 0. The van der Waals surface area contributed by atoms with Crippen molar-refractivity contribution >= 4 is 11.9 Å². The molecule has 1 N–H and O–H groups in total. The van der Waals surface area contributed by atoms with Gasteiger partial charge in [0.2, 0.25) is 5.91 Å². The molecule has 1 aliphatic rings. The van der Waals surface area contributed by atoms with Crippen LogP contribution in [0.3, 0.4) is 0 Å². The highest BCUT2D eigenvalue weighted by molar-refractivity contribution is 5.80. The third-order valence-corrected chi connectivity index (χ3v) is 3.34. The number of likely N-dealkylation sites (tertiary alicyclic amines) is 1. The lowest BCUT2D eigenvalue weighted by Crippen LogP contribution is -2.29. The second-order valence-corrected chi connectivity index (χ2v) is 4.91. The summed E-state index contributed by atoms with van der Waals surface area (Å²) in [5.41, 5.74) is 0. The van der Waals surface area contributed by atoms with E-state index in [0.29, 0.717) is 5.92 Å². The van der Waals surface area contributed by atoms with Gasteiger partial charge >= 0.3 is 5.97 Å². The van der Waals surface area contributed by atoms with Crippen LogP contribution in [-0.2, 0) is 9.59 Å². The van der Waals surface area contributed by atoms with Gasteiger partial charge in [-0.25, -0.2) is 0 Å². The van der Waals surface area contributed by atoms with Crippen LogP contribution >= 0.6 is 0 Å². The van der Waals surface area contributed by atoms with Gasteiger partial charge in [0.15, 0.2) is 0 Å². The maximum absolute atomic E-state index is 11.6. The number of amides is 1. The first kappa shape index (κ1) is 14.0. The predicted molar refractivity (Wildman–Crippen MR) is 64.7 cm³/mol. The molecule has 1 rings (SSSR count). The number of carbonyl (C=O) groups is 2. The fraction of sp³-hybridized carbons (Fsp3) is 0.833. The van der Waals surface area contributed by atoms with E-state index in [1.807, 2.05) is 0 Å². The normalized spacial score (nSPS) is 20.5. The maximum Gasteiger partial charge on any atom is 0.303 e. The molecule has 1 atom stereocenters. The zero-order valence-corrected chi connectivity index (χ0v) is 10.7. The first-order valence-corrected chi connectivity index (χ1v) is 6.13. The molecule has 1 unspecified atom stereocenters. The molecule has 0 aromatic rings. The quantitative estimate of drug-likeness (QED) is 0.743. The van der Waals surface area contributed by atoms with E-state index in [9.17, 15) is 9.59 Å². The Morgan fingerprint density at radius 1 is 1.41 bits per heavy atom. The summed E-state index contributed by atoms with van der Waals surface area (Å²) in [6.45, 7) is 2.98. The van der Waals surface area contributed by atoms with Crippen molar-refractivity contribution in [2.45, 2.75) is 25.7 Å². The molecule has 1 aliphatic heterocycles. The Labute approximate surface area is 102 Å². The van der Waals surface area contributed by atoms with E-state index < -0.39 is 5.97 Å². The molecular weight excluding hydrogens is 220 g/mol. The Kier molecular flexibility index (Phi) is 5.41.